The van der Waals surface area contributed by atoms with E-state index in [1.54, 1.807) is 0 Å². The van der Waals surface area contributed by atoms with E-state index >= 15 is 0 Å². The van der Waals surface area contributed by atoms with E-state index in [4.69, 9.17) is 10.00 Å². The van der Waals surface area contributed by atoms with Crippen LogP contribution in [0.25, 0.3) is 0 Å². The normalized spacial score (nSPS) is 9.56. The lowest BCUT2D eigenvalue weighted by Crippen LogP contribution is -2.25. The fraction of sp³-hybridized carbons (Fsp3) is 0.429. The van der Waals surface area contributed by atoms with Crippen molar-refractivity contribution in [2.45, 2.75) is 26.2 Å². The number of unbranched alkanes of at least 4 members (excludes halogenated alkanes) is 1. The fourth-order valence-corrected chi connectivity index (χ4v) is 1.45. The Morgan fingerprint density at radius 3 is 3.06 bits per heavy atom. The third kappa shape index (κ3) is 5.90. The zero-order chi connectivity index (χ0) is 13.2. The lowest BCUT2D eigenvalue weighted by Gasteiger charge is -2.07. The van der Waals surface area contributed by atoms with E-state index in [1.807, 2.05) is 37.3 Å². The lowest BCUT2D eigenvalue weighted by atomic mass is 10.2. The average Bonchev–Trinajstić information content (AvgIpc) is 2.35. The Hall–Kier alpha value is -2.02. The van der Waals surface area contributed by atoms with Crippen LogP contribution in [-0.4, -0.2) is 19.1 Å². The summed E-state index contributed by atoms with van der Waals surface area (Å²) in [6.07, 6.45) is 1.50. The number of carbonyl (C=O) groups excluding carboxylic acids is 1. The molecule has 0 saturated heterocycles. The van der Waals surface area contributed by atoms with Crippen LogP contribution >= 0.6 is 0 Å². The zero-order valence-electron chi connectivity index (χ0n) is 10.6. The first-order chi connectivity index (χ1) is 8.72. The number of rotatable bonds is 7. The molecule has 0 aliphatic carbocycles. The van der Waals surface area contributed by atoms with Crippen molar-refractivity contribution >= 4 is 5.91 Å². The second-order valence-electron chi connectivity index (χ2n) is 4.03. The standard InChI is InChI=1S/C14H18N2O2/c1-12-5-4-6-13(11-12)18-10-7-14(17)16-9-3-2-8-15/h4-6,11H,2-3,7,9-10H2,1H3,(H,16,17). The molecule has 0 atom stereocenters. The third-order valence-electron chi connectivity index (χ3n) is 2.37. The number of hydrogen-bond acceptors (Lipinski definition) is 3. The summed E-state index contributed by atoms with van der Waals surface area (Å²) in [5.41, 5.74) is 1.13. The molecular formula is C14H18N2O2. The van der Waals surface area contributed by atoms with Gasteiger partial charge in [0.2, 0.25) is 5.91 Å². The second kappa shape index (κ2) is 8.13. The number of hydrogen-bond donors (Lipinski definition) is 1. The van der Waals surface area contributed by atoms with E-state index in [-0.39, 0.29) is 5.91 Å². The SMILES string of the molecule is Cc1cccc(OCCC(=O)NCCCC#N)c1. The maximum absolute atomic E-state index is 11.4. The Balaban J connectivity index is 2.14. The van der Waals surface area contributed by atoms with E-state index in [0.29, 0.717) is 32.4 Å². The molecule has 0 spiro atoms. The summed E-state index contributed by atoms with van der Waals surface area (Å²) in [4.78, 5) is 11.4. The Labute approximate surface area is 108 Å². The number of nitriles is 1. The van der Waals surface area contributed by atoms with Crippen molar-refractivity contribution in [1.82, 2.24) is 5.32 Å². The molecule has 0 saturated carbocycles. The van der Waals surface area contributed by atoms with Crippen molar-refractivity contribution in [3.8, 4) is 11.8 Å². The number of benzene rings is 1. The van der Waals surface area contributed by atoms with Crippen molar-refractivity contribution in [2.24, 2.45) is 0 Å². The molecule has 1 N–H and O–H groups in total. The van der Waals surface area contributed by atoms with Crippen LogP contribution in [0.2, 0.25) is 0 Å². The number of nitrogens with one attached hydrogen (secondary N) is 1. The number of carbonyl (C=O) groups is 1. The number of aryl methyl sites for hydroxylation is 1. The van der Waals surface area contributed by atoms with Crippen LogP contribution < -0.4 is 10.1 Å². The predicted molar refractivity (Wildman–Crippen MR) is 69.1 cm³/mol. The van der Waals surface area contributed by atoms with Gasteiger partial charge in [0.25, 0.3) is 0 Å². The van der Waals surface area contributed by atoms with Gasteiger partial charge in [-0.25, -0.2) is 0 Å². The van der Waals surface area contributed by atoms with Crippen LogP contribution in [0.4, 0.5) is 0 Å². The minimum absolute atomic E-state index is 0.0411. The second-order valence-corrected chi connectivity index (χ2v) is 4.03. The van der Waals surface area contributed by atoms with E-state index in [2.05, 4.69) is 5.32 Å². The number of ether oxygens (including phenoxy) is 1. The van der Waals surface area contributed by atoms with Gasteiger partial charge < -0.3 is 10.1 Å². The van der Waals surface area contributed by atoms with Crippen molar-refractivity contribution in [3.63, 3.8) is 0 Å². The molecule has 1 aromatic rings. The van der Waals surface area contributed by atoms with Crippen LogP contribution in [0.5, 0.6) is 5.75 Å². The van der Waals surface area contributed by atoms with Gasteiger partial charge in [-0.2, -0.15) is 5.26 Å². The molecule has 0 radical (unpaired) electrons. The highest BCUT2D eigenvalue weighted by molar-refractivity contribution is 5.75. The number of amides is 1. The first kappa shape index (κ1) is 14.0. The first-order valence-corrected chi connectivity index (χ1v) is 6.05. The van der Waals surface area contributed by atoms with Crippen LogP contribution in [0, 0.1) is 18.3 Å². The van der Waals surface area contributed by atoms with Gasteiger partial charge in [-0.15, -0.1) is 0 Å². The summed E-state index contributed by atoms with van der Waals surface area (Å²) in [6.45, 7) is 2.92. The summed E-state index contributed by atoms with van der Waals surface area (Å²) in [6, 6.07) is 9.76. The van der Waals surface area contributed by atoms with Gasteiger partial charge in [-0.3, -0.25) is 4.79 Å². The predicted octanol–water partition coefficient (Wildman–Crippen LogP) is 2.18. The Bertz CT molecular complexity index is 424. The summed E-state index contributed by atoms with van der Waals surface area (Å²) in [5.74, 6) is 0.743. The van der Waals surface area contributed by atoms with E-state index in [0.717, 1.165) is 11.3 Å². The maximum Gasteiger partial charge on any atom is 0.223 e. The molecule has 1 aromatic carbocycles. The topological polar surface area (TPSA) is 62.1 Å². The smallest absolute Gasteiger partial charge is 0.223 e. The highest BCUT2D eigenvalue weighted by Gasteiger charge is 2.01. The first-order valence-electron chi connectivity index (χ1n) is 6.05. The lowest BCUT2D eigenvalue weighted by molar-refractivity contribution is -0.121. The minimum atomic E-state index is -0.0411. The van der Waals surface area contributed by atoms with Gasteiger partial charge in [-0.1, -0.05) is 12.1 Å². The largest absolute Gasteiger partial charge is 0.493 e. The molecule has 0 bridgehead atoms. The molecule has 0 heterocycles. The fourth-order valence-electron chi connectivity index (χ4n) is 1.45. The third-order valence-corrected chi connectivity index (χ3v) is 2.37. The summed E-state index contributed by atoms with van der Waals surface area (Å²) in [5, 5.41) is 11.1. The summed E-state index contributed by atoms with van der Waals surface area (Å²) >= 11 is 0. The van der Waals surface area contributed by atoms with Crippen LogP contribution in [0.15, 0.2) is 24.3 Å². The highest BCUT2D eigenvalue weighted by atomic mass is 16.5. The van der Waals surface area contributed by atoms with Crippen molar-refractivity contribution in [1.29, 1.82) is 5.26 Å². The molecular weight excluding hydrogens is 228 g/mol. The van der Waals surface area contributed by atoms with Crippen molar-refractivity contribution in [2.75, 3.05) is 13.2 Å². The molecule has 1 amide bonds. The molecule has 4 heteroatoms. The van der Waals surface area contributed by atoms with Crippen LogP contribution in [-0.2, 0) is 4.79 Å². The molecule has 0 aliphatic rings. The Morgan fingerprint density at radius 1 is 1.50 bits per heavy atom. The van der Waals surface area contributed by atoms with Crippen molar-refractivity contribution < 1.29 is 9.53 Å². The average molecular weight is 246 g/mol. The van der Waals surface area contributed by atoms with E-state index in [1.165, 1.54) is 0 Å². The van der Waals surface area contributed by atoms with Gasteiger partial charge in [0.1, 0.15) is 5.75 Å². The summed E-state index contributed by atoms with van der Waals surface area (Å²) in [7, 11) is 0. The number of nitrogens with zero attached hydrogens (tertiary/aromatic N) is 1. The Kier molecular flexibility index (Phi) is 6.34. The van der Waals surface area contributed by atoms with Gasteiger partial charge in [0.15, 0.2) is 0 Å². The molecule has 0 aromatic heterocycles. The van der Waals surface area contributed by atoms with E-state index in [9.17, 15) is 4.79 Å². The molecule has 4 nitrogen and oxygen atoms in total. The van der Waals surface area contributed by atoms with Crippen LogP contribution in [0.1, 0.15) is 24.8 Å². The Morgan fingerprint density at radius 2 is 2.33 bits per heavy atom. The zero-order valence-corrected chi connectivity index (χ0v) is 10.6. The van der Waals surface area contributed by atoms with Crippen molar-refractivity contribution in [3.05, 3.63) is 29.8 Å². The van der Waals surface area contributed by atoms with Gasteiger partial charge in [0.05, 0.1) is 19.1 Å². The molecule has 0 aliphatic heterocycles. The quantitative estimate of drug-likeness (QED) is 0.750. The summed E-state index contributed by atoms with van der Waals surface area (Å²) < 4.78 is 5.47. The van der Waals surface area contributed by atoms with Gasteiger partial charge in [0, 0.05) is 13.0 Å². The minimum Gasteiger partial charge on any atom is -0.493 e. The molecule has 18 heavy (non-hydrogen) atoms. The highest BCUT2D eigenvalue weighted by Crippen LogP contribution is 2.12. The van der Waals surface area contributed by atoms with E-state index < -0.39 is 0 Å². The van der Waals surface area contributed by atoms with Gasteiger partial charge in [-0.05, 0) is 31.0 Å². The monoisotopic (exact) mass is 246 g/mol. The van der Waals surface area contributed by atoms with Crippen LogP contribution in [0.3, 0.4) is 0 Å². The maximum atomic E-state index is 11.4. The molecule has 96 valence electrons. The molecule has 0 unspecified atom stereocenters. The molecule has 1 rings (SSSR count). The molecule has 0 fully saturated rings. The van der Waals surface area contributed by atoms with Gasteiger partial charge >= 0.3 is 0 Å².